The third-order valence-electron chi connectivity index (χ3n) is 3.57. The molecule has 3 aromatic rings. The lowest BCUT2D eigenvalue weighted by Gasteiger charge is -2.19. The van der Waals surface area contributed by atoms with Gasteiger partial charge in [0.2, 0.25) is 5.78 Å². The maximum Gasteiger partial charge on any atom is 0.212 e. The first kappa shape index (κ1) is 10.3. The van der Waals surface area contributed by atoms with Crippen LogP contribution >= 0.6 is 0 Å². The van der Waals surface area contributed by atoms with Crippen LogP contribution in [0.15, 0.2) is 48.7 Å². The van der Waals surface area contributed by atoms with E-state index >= 15 is 0 Å². The van der Waals surface area contributed by atoms with Crippen LogP contribution in [0.25, 0.3) is 21.9 Å². The number of carbonyl (C=O) groups is 1. The van der Waals surface area contributed by atoms with Crippen LogP contribution in [0.4, 0.5) is 0 Å². The van der Waals surface area contributed by atoms with E-state index in [4.69, 9.17) is 0 Å². The van der Waals surface area contributed by atoms with E-state index in [1.807, 2.05) is 24.3 Å². The number of carbonyl (C=O) groups excluding carboxylic acids is 1. The molecule has 2 aromatic carbocycles. The lowest BCUT2D eigenvalue weighted by Crippen LogP contribution is -2.11. The van der Waals surface area contributed by atoms with E-state index in [0.717, 1.165) is 16.3 Å². The average molecular weight is 247 g/mol. The van der Waals surface area contributed by atoms with E-state index in [1.165, 1.54) is 0 Å². The molecule has 1 aromatic heterocycles. The lowest BCUT2D eigenvalue weighted by molar-refractivity contribution is 0.103. The monoisotopic (exact) mass is 247 g/mol. The SMILES string of the molecule is O=C1c2ccccc2-c2c(O)ccc3ccnc1c23. The van der Waals surface area contributed by atoms with Crippen LogP contribution in [0.1, 0.15) is 16.1 Å². The minimum absolute atomic E-state index is 0.0840. The highest BCUT2D eigenvalue weighted by Crippen LogP contribution is 2.43. The first-order valence-corrected chi connectivity index (χ1v) is 6.02. The summed E-state index contributed by atoms with van der Waals surface area (Å²) in [6, 6.07) is 12.6. The second kappa shape index (κ2) is 3.42. The Morgan fingerprint density at radius 2 is 1.74 bits per heavy atom. The number of nitrogens with zero attached hydrogens (tertiary/aromatic N) is 1. The smallest absolute Gasteiger partial charge is 0.212 e. The van der Waals surface area contributed by atoms with Crippen LogP contribution in [0.3, 0.4) is 0 Å². The molecular formula is C16H9NO2. The Bertz CT molecular complexity index is 852. The molecule has 0 bridgehead atoms. The van der Waals surface area contributed by atoms with Gasteiger partial charge in [0, 0.05) is 22.7 Å². The zero-order valence-corrected chi connectivity index (χ0v) is 9.92. The van der Waals surface area contributed by atoms with Gasteiger partial charge in [-0.15, -0.1) is 0 Å². The highest BCUT2D eigenvalue weighted by Gasteiger charge is 2.27. The predicted molar refractivity (Wildman–Crippen MR) is 72.3 cm³/mol. The molecule has 0 radical (unpaired) electrons. The Morgan fingerprint density at radius 3 is 2.58 bits per heavy atom. The number of benzene rings is 2. The van der Waals surface area contributed by atoms with Crippen molar-refractivity contribution in [3.05, 3.63) is 59.9 Å². The molecule has 1 aliphatic rings. The predicted octanol–water partition coefficient (Wildman–Crippen LogP) is 3.15. The minimum Gasteiger partial charge on any atom is -0.507 e. The van der Waals surface area contributed by atoms with Crippen LogP contribution in [-0.2, 0) is 0 Å². The number of fused-ring (bicyclic) bond motifs is 2. The second-order valence-electron chi connectivity index (χ2n) is 4.59. The quantitative estimate of drug-likeness (QED) is 0.519. The number of phenols is 1. The summed E-state index contributed by atoms with van der Waals surface area (Å²) in [4.78, 5) is 16.7. The summed E-state index contributed by atoms with van der Waals surface area (Å²) in [6.07, 6.45) is 1.63. The first-order valence-electron chi connectivity index (χ1n) is 6.02. The first-order chi connectivity index (χ1) is 9.27. The number of pyridine rings is 1. The summed E-state index contributed by atoms with van der Waals surface area (Å²) in [6.45, 7) is 0. The molecule has 1 heterocycles. The van der Waals surface area contributed by atoms with Crippen molar-refractivity contribution in [3.8, 4) is 16.9 Å². The van der Waals surface area contributed by atoms with Gasteiger partial charge in [0.1, 0.15) is 11.4 Å². The topological polar surface area (TPSA) is 50.2 Å². The van der Waals surface area contributed by atoms with E-state index < -0.39 is 0 Å². The summed E-state index contributed by atoms with van der Waals surface area (Å²) in [5, 5.41) is 11.8. The van der Waals surface area contributed by atoms with Crippen LogP contribution in [0, 0.1) is 0 Å². The zero-order valence-electron chi connectivity index (χ0n) is 9.92. The van der Waals surface area contributed by atoms with Crippen LogP contribution < -0.4 is 0 Å². The fourth-order valence-electron chi connectivity index (χ4n) is 2.73. The van der Waals surface area contributed by atoms with Gasteiger partial charge in [-0.05, 0) is 23.1 Å². The number of hydrogen-bond acceptors (Lipinski definition) is 3. The Hall–Kier alpha value is -2.68. The van der Waals surface area contributed by atoms with Crippen molar-refractivity contribution >= 4 is 16.6 Å². The zero-order chi connectivity index (χ0) is 13.0. The van der Waals surface area contributed by atoms with Gasteiger partial charge < -0.3 is 5.11 Å². The highest BCUT2D eigenvalue weighted by atomic mass is 16.3. The molecule has 3 nitrogen and oxygen atoms in total. The number of ketones is 1. The van der Waals surface area contributed by atoms with Crippen molar-refractivity contribution in [1.29, 1.82) is 0 Å². The van der Waals surface area contributed by atoms with Crippen LogP contribution in [-0.4, -0.2) is 15.9 Å². The van der Waals surface area contributed by atoms with Crippen molar-refractivity contribution in [2.75, 3.05) is 0 Å². The average Bonchev–Trinajstić information content (AvgIpc) is 2.45. The van der Waals surface area contributed by atoms with Crippen LogP contribution in [0.5, 0.6) is 5.75 Å². The van der Waals surface area contributed by atoms with Crippen molar-refractivity contribution in [1.82, 2.24) is 4.98 Å². The minimum atomic E-state index is -0.0840. The Kier molecular flexibility index (Phi) is 1.85. The highest BCUT2D eigenvalue weighted by molar-refractivity contribution is 6.25. The summed E-state index contributed by atoms with van der Waals surface area (Å²) < 4.78 is 0. The molecule has 0 saturated carbocycles. The van der Waals surface area contributed by atoms with Crippen molar-refractivity contribution in [2.45, 2.75) is 0 Å². The van der Waals surface area contributed by atoms with Gasteiger partial charge in [-0.3, -0.25) is 9.78 Å². The number of hydrogen-bond donors (Lipinski definition) is 1. The van der Waals surface area contributed by atoms with Crippen molar-refractivity contribution < 1.29 is 9.90 Å². The van der Waals surface area contributed by atoms with Gasteiger partial charge in [0.15, 0.2) is 0 Å². The molecule has 0 saturated heterocycles. The molecule has 1 N–H and O–H groups in total. The molecule has 0 unspecified atom stereocenters. The van der Waals surface area contributed by atoms with Gasteiger partial charge in [-0.25, -0.2) is 0 Å². The Balaban J connectivity index is 2.31. The summed E-state index contributed by atoms with van der Waals surface area (Å²) in [5.74, 6) is 0.0981. The molecular weight excluding hydrogens is 238 g/mol. The van der Waals surface area contributed by atoms with Crippen molar-refractivity contribution in [3.63, 3.8) is 0 Å². The molecule has 0 amide bonds. The van der Waals surface area contributed by atoms with Gasteiger partial charge in [0.05, 0.1) is 0 Å². The number of phenolic OH excluding ortho intramolecular Hbond substituents is 1. The second-order valence-corrected chi connectivity index (χ2v) is 4.59. The van der Waals surface area contributed by atoms with Gasteiger partial charge in [0.25, 0.3) is 0 Å². The normalized spacial score (nSPS) is 12.5. The van der Waals surface area contributed by atoms with E-state index in [2.05, 4.69) is 4.98 Å². The van der Waals surface area contributed by atoms with E-state index in [0.29, 0.717) is 16.8 Å². The molecule has 0 atom stereocenters. The fourth-order valence-corrected chi connectivity index (χ4v) is 2.73. The fraction of sp³-hybridized carbons (Fsp3) is 0. The number of aromatic hydroxyl groups is 1. The molecule has 0 aliphatic heterocycles. The molecule has 0 fully saturated rings. The van der Waals surface area contributed by atoms with Crippen LogP contribution in [0.2, 0.25) is 0 Å². The van der Waals surface area contributed by atoms with E-state index in [9.17, 15) is 9.90 Å². The summed E-state index contributed by atoms with van der Waals surface area (Å²) in [5.41, 5.74) is 2.49. The molecule has 4 rings (SSSR count). The largest absolute Gasteiger partial charge is 0.507 e. The molecule has 90 valence electrons. The number of aromatic nitrogens is 1. The summed E-state index contributed by atoms with van der Waals surface area (Å²) >= 11 is 0. The van der Waals surface area contributed by atoms with Gasteiger partial charge in [-0.2, -0.15) is 0 Å². The molecule has 1 aliphatic carbocycles. The number of rotatable bonds is 0. The molecule has 3 heteroatoms. The third-order valence-corrected chi connectivity index (χ3v) is 3.57. The van der Waals surface area contributed by atoms with Gasteiger partial charge in [-0.1, -0.05) is 30.3 Å². The van der Waals surface area contributed by atoms with E-state index in [1.54, 1.807) is 24.4 Å². The van der Waals surface area contributed by atoms with Crippen molar-refractivity contribution in [2.24, 2.45) is 0 Å². The lowest BCUT2D eigenvalue weighted by atomic mass is 9.85. The molecule has 19 heavy (non-hydrogen) atoms. The maximum atomic E-state index is 12.5. The maximum absolute atomic E-state index is 12.5. The third kappa shape index (κ3) is 1.21. The van der Waals surface area contributed by atoms with Gasteiger partial charge >= 0.3 is 0 Å². The molecule has 0 spiro atoms. The van der Waals surface area contributed by atoms with E-state index in [-0.39, 0.29) is 11.5 Å². The Labute approximate surface area is 109 Å². The Morgan fingerprint density at radius 1 is 0.947 bits per heavy atom. The summed E-state index contributed by atoms with van der Waals surface area (Å²) in [7, 11) is 0. The standard InChI is InChI=1S/C16H9NO2/c18-12-6-5-9-7-8-17-15-13(9)14(12)10-3-1-2-4-11(10)16(15)19/h1-8,18H.